The zero-order chi connectivity index (χ0) is 22.4. The first-order valence-electron chi connectivity index (χ1n) is 9.25. The van der Waals surface area contributed by atoms with Crippen LogP contribution in [0.5, 0.6) is 11.5 Å². The van der Waals surface area contributed by atoms with E-state index in [4.69, 9.17) is 16.3 Å². The number of nitrogens with one attached hydrogen (secondary N) is 2. The molecule has 0 spiro atoms. The van der Waals surface area contributed by atoms with Gasteiger partial charge in [0.25, 0.3) is 11.8 Å². The molecule has 0 fully saturated rings. The number of aryl methyl sites for hydroxylation is 1. The predicted octanol–water partition coefficient (Wildman–Crippen LogP) is 4.38. The van der Waals surface area contributed by atoms with Crippen LogP contribution in [-0.4, -0.2) is 30.2 Å². The third-order valence-electron chi connectivity index (χ3n) is 4.35. The van der Waals surface area contributed by atoms with Crippen molar-refractivity contribution in [2.45, 2.75) is 6.92 Å². The molecule has 3 N–H and O–H groups in total. The number of carbonyl (C=O) groups is 2. The van der Waals surface area contributed by atoms with Crippen molar-refractivity contribution in [1.29, 1.82) is 0 Å². The highest BCUT2D eigenvalue weighted by Gasteiger charge is 2.10. The Kier molecular flexibility index (Phi) is 6.89. The Balaban J connectivity index is 1.66. The van der Waals surface area contributed by atoms with E-state index in [2.05, 4.69) is 15.8 Å². The normalized spacial score (nSPS) is 10.7. The number of phenolic OH excluding ortho intramolecular Hbond substituents is 1. The summed E-state index contributed by atoms with van der Waals surface area (Å²) >= 11 is 5.93. The summed E-state index contributed by atoms with van der Waals surface area (Å²) in [6.45, 7) is 1.94. The fraction of sp³-hybridized carbons (Fsp3) is 0.0870. The first kappa shape index (κ1) is 21.9. The fourth-order valence-corrected chi connectivity index (χ4v) is 2.92. The number of anilines is 1. The van der Waals surface area contributed by atoms with Gasteiger partial charge in [-0.1, -0.05) is 35.4 Å². The number of ether oxygens (including phenoxy) is 1. The van der Waals surface area contributed by atoms with E-state index in [1.165, 1.54) is 25.5 Å². The van der Waals surface area contributed by atoms with Crippen LogP contribution in [-0.2, 0) is 0 Å². The van der Waals surface area contributed by atoms with E-state index in [-0.39, 0.29) is 22.4 Å². The molecule has 31 heavy (non-hydrogen) atoms. The van der Waals surface area contributed by atoms with E-state index in [1.807, 2.05) is 19.1 Å². The summed E-state index contributed by atoms with van der Waals surface area (Å²) in [5, 5.41) is 16.5. The van der Waals surface area contributed by atoms with E-state index in [1.54, 1.807) is 36.4 Å². The van der Waals surface area contributed by atoms with Gasteiger partial charge in [0.05, 0.1) is 18.3 Å². The Hall–Kier alpha value is -3.84. The highest BCUT2D eigenvalue weighted by Crippen LogP contribution is 2.34. The number of benzene rings is 3. The molecule has 0 saturated carbocycles. The van der Waals surface area contributed by atoms with Crippen LogP contribution in [0.1, 0.15) is 31.8 Å². The Labute approximate surface area is 184 Å². The van der Waals surface area contributed by atoms with Crippen LogP contribution in [0, 0.1) is 6.92 Å². The molecule has 0 aliphatic rings. The molecule has 0 unspecified atom stereocenters. The number of amides is 2. The van der Waals surface area contributed by atoms with Gasteiger partial charge in [-0.05, 0) is 55.0 Å². The summed E-state index contributed by atoms with van der Waals surface area (Å²) in [6.07, 6.45) is 1.37. The molecule has 0 aliphatic carbocycles. The van der Waals surface area contributed by atoms with Gasteiger partial charge in [0, 0.05) is 16.8 Å². The third-order valence-corrected chi connectivity index (χ3v) is 4.63. The van der Waals surface area contributed by atoms with Crippen LogP contribution >= 0.6 is 11.6 Å². The van der Waals surface area contributed by atoms with Gasteiger partial charge < -0.3 is 15.2 Å². The number of methoxy groups -OCH3 is 1. The number of hydrogen-bond donors (Lipinski definition) is 3. The van der Waals surface area contributed by atoms with E-state index in [0.717, 1.165) is 5.56 Å². The van der Waals surface area contributed by atoms with Gasteiger partial charge in [-0.3, -0.25) is 9.59 Å². The molecule has 8 heteroatoms. The molecular weight excluding hydrogens is 418 g/mol. The van der Waals surface area contributed by atoms with Gasteiger partial charge in [-0.25, -0.2) is 5.43 Å². The quantitative estimate of drug-likeness (QED) is 0.393. The molecule has 0 bridgehead atoms. The summed E-state index contributed by atoms with van der Waals surface area (Å²) in [4.78, 5) is 24.8. The van der Waals surface area contributed by atoms with Crippen molar-refractivity contribution < 1.29 is 19.4 Å². The van der Waals surface area contributed by atoms with Crippen LogP contribution in [0.25, 0.3) is 0 Å². The average molecular weight is 438 g/mol. The molecule has 7 nitrogen and oxygen atoms in total. The maximum absolute atomic E-state index is 12.4. The number of aromatic hydroxyl groups is 1. The molecule has 0 saturated heterocycles. The van der Waals surface area contributed by atoms with Crippen molar-refractivity contribution in [3.63, 3.8) is 0 Å². The zero-order valence-corrected chi connectivity index (χ0v) is 17.6. The summed E-state index contributed by atoms with van der Waals surface area (Å²) < 4.78 is 5.03. The molecular formula is C23H20ClN3O4. The lowest BCUT2D eigenvalue weighted by atomic mass is 10.1. The molecule has 3 aromatic rings. The van der Waals surface area contributed by atoms with Gasteiger partial charge in [-0.15, -0.1) is 0 Å². The number of nitrogens with zero attached hydrogens (tertiary/aromatic N) is 1. The minimum absolute atomic E-state index is 0.101. The van der Waals surface area contributed by atoms with Crippen molar-refractivity contribution >= 4 is 35.3 Å². The maximum Gasteiger partial charge on any atom is 0.271 e. The Morgan fingerprint density at radius 3 is 2.48 bits per heavy atom. The number of carbonyl (C=O) groups excluding carboxylic acids is 2. The molecule has 3 rings (SSSR count). The molecule has 0 heterocycles. The highest BCUT2D eigenvalue weighted by molar-refractivity contribution is 6.32. The summed E-state index contributed by atoms with van der Waals surface area (Å²) in [5.41, 5.74) is 5.32. The van der Waals surface area contributed by atoms with Crippen LogP contribution in [0.2, 0.25) is 5.02 Å². The second-order valence-corrected chi connectivity index (χ2v) is 7.06. The zero-order valence-electron chi connectivity index (χ0n) is 16.8. The van der Waals surface area contributed by atoms with E-state index in [9.17, 15) is 14.7 Å². The number of hydrazone groups is 1. The van der Waals surface area contributed by atoms with Crippen molar-refractivity contribution in [2.24, 2.45) is 5.10 Å². The lowest BCUT2D eigenvalue weighted by Crippen LogP contribution is -2.18. The minimum atomic E-state index is -0.459. The largest absolute Gasteiger partial charge is 0.503 e. The molecule has 158 valence electrons. The van der Waals surface area contributed by atoms with E-state index in [0.29, 0.717) is 22.4 Å². The highest BCUT2D eigenvalue weighted by atomic mass is 35.5. The number of hydrogen-bond acceptors (Lipinski definition) is 5. The van der Waals surface area contributed by atoms with Crippen molar-refractivity contribution in [1.82, 2.24) is 5.43 Å². The predicted molar refractivity (Wildman–Crippen MR) is 120 cm³/mol. The average Bonchev–Trinajstić information content (AvgIpc) is 2.76. The Morgan fingerprint density at radius 2 is 1.77 bits per heavy atom. The lowest BCUT2D eigenvalue weighted by Gasteiger charge is -2.08. The van der Waals surface area contributed by atoms with Crippen LogP contribution in [0.15, 0.2) is 65.8 Å². The molecule has 0 aromatic heterocycles. The van der Waals surface area contributed by atoms with E-state index >= 15 is 0 Å². The summed E-state index contributed by atoms with van der Waals surface area (Å²) in [7, 11) is 1.40. The van der Waals surface area contributed by atoms with Crippen LogP contribution in [0.4, 0.5) is 5.69 Å². The van der Waals surface area contributed by atoms with Gasteiger partial charge in [0.2, 0.25) is 0 Å². The van der Waals surface area contributed by atoms with Gasteiger partial charge in [0.15, 0.2) is 11.5 Å². The molecule has 0 aliphatic heterocycles. The third kappa shape index (κ3) is 5.61. The Morgan fingerprint density at radius 1 is 1.03 bits per heavy atom. The molecule has 0 radical (unpaired) electrons. The van der Waals surface area contributed by atoms with Crippen LogP contribution < -0.4 is 15.5 Å². The molecule has 0 atom stereocenters. The number of phenols is 1. The topological polar surface area (TPSA) is 100 Å². The fourth-order valence-electron chi connectivity index (χ4n) is 2.70. The number of rotatable bonds is 6. The number of halogens is 1. The molecule has 3 aromatic carbocycles. The summed E-state index contributed by atoms with van der Waals surface area (Å²) in [5.74, 6) is -0.708. The van der Waals surface area contributed by atoms with Gasteiger partial charge in [0.1, 0.15) is 0 Å². The summed E-state index contributed by atoms with van der Waals surface area (Å²) in [6, 6.07) is 16.7. The first-order chi connectivity index (χ1) is 14.9. The Bertz CT molecular complexity index is 1140. The SMILES string of the molecule is COc1cc(C=NNC(=O)c2cccc(NC(=O)c3ccc(C)cc3)c2)cc(Cl)c1O. The maximum atomic E-state index is 12.4. The monoisotopic (exact) mass is 437 g/mol. The van der Waals surface area contributed by atoms with Crippen molar-refractivity contribution in [3.05, 3.63) is 87.9 Å². The minimum Gasteiger partial charge on any atom is -0.503 e. The van der Waals surface area contributed by atoms with Crippen molar-refractivity contribution in [2.75, 3.05) is 12.4 Å². The van der Waals surface area contributed by atoms with Crippen LogP contribution in [0.3, 0.4) is 0 Å². The first-order valence-corrected chi connectivity index (χ1v) is 9.63. The van der Waals surface area contributed by atoms with Gasteiger partial charge >= 0.3 is 0 Å². The van der Waals surface area contributed by atoms with Gasteiger partial charge in [-0.2, -0.15) is 5.10 Å². The molecule has 2 amide bonds. The second kappa shape index (κ2) is 9.77. The second-order valence-electron chi connectivity index (χ2n) is 6.65. The smallest absolute Gasteiger partial charge is 0.271 e. The van der Waals surface area contributed by atoms with Crippen molar-refractivity contribution in [3.8, 4) is 11.5 Å². The standard InChI is InChI=1S/C23H20ClN3O4/c1-14-6-8-16(9-7-14)22(29)26-18-5-3-4-17(12-18)23(30)27-25-13-15-10-19(24)21(28)20(11-15)31-2/h3-13,28H,1-2H3,(H,26,29)(H,27,30). The lowest BCUT2D eigenvalue weighted by molar-refractivity contribution is 0.0953. The van der Waals surface area contributed by atoms with E-state index < -0.39 is 5.91 Å².